The Morgan fingerprint density at radius 2 is 2.04 bits per heavy atom. The molecule has 1 saturated carbocycles. The summed E-state index contributed by atoms with van der Waals surface area (Å²) < 4.78 is 2.57. The number of allylic oxidation sites excluding steroid dienone is 1. The Kier molecular flexibility index (Phi) is 5.72. The lowest BCUT2D eigenvalue weighted by Crippen LogP contribution is -2.33. The van der Waals surface area contributed by atoms with Crippen LogP contribution >= 0.6 is 15.9 Å². The van der Waals surface area contributed by atoms with E-state index < -0.39 is 0 Å². The molecule has 6 nitrogen and oxygen atoms in total. The molecule has 2 heterocycles. The van der Waals surface area contributed by atoms with Gasteiger partial charge in [-0.15, -0.1) is 0 Å². The van der Waals surface area contributed by atoms with Crippen molar-refractivity contribution in [2.24, 2.45) is 17.5 Å². The summed E-state index contributed by atoms with van der Waals surface area (Å²) in [5.41, 5.74) is 10.9. The fourth-order valence-corrected chi connectivity index (χ4v) is 3.31. The van der Waals surface area contributed by atoms with Gasteiger partial charge in [-0.3, -0.25) is 9.78 Å². The molecule has 0 unspecified atom stereocenters. The fraction of sp³-hybridized carbons (Fsp3) is 0.400. The van der Waals surface area contributed by atoms with Gasteiger partial charge in [0.15, 0.2) is 0 Å². The number of rotatable bonds is 6. The first-order chi connectivity index (χ1) is 12.8. The Bertz CT molecular complexity index is 944. The predicted molar refractivity (Wildman–Crippen MR) is 112 cm³/mol. The number of hydrazine groups is 1. The number of halogens is 1. The van der Waals surface area contributed by atoms with E-state index in [4.69, 9.17) is 11.6 Å². The molecule has 0 radical (unpaired) electrons. The van der Waals surface area contributed by atoms with Crippen molar-refractivity contribution in [3.05, 3.63) is 67.4 Å². The lowest BCUT2D eigenvalue weighted by atomic mass is 10.1. The van der Waals surface area contributed by atoms with E-state index in [1.54, 1.807) is 11.6 Å². The summed E-state index contributed by atoms with van der Waals surface area (Å²) in [6, 6.07) is 5.78. The maximum Gasteiger partial charge on any atom is 0.254 e. The summed E-state index contributed by atoms with van der Waals surface area (Å²) in [6.07, 6.45) is 5.36. The van der Waals surface area contributed by atoms with Gasteiger partial charge in [-0.1, -0.05) is 0 Å². The number of pyridine rings is 2. The number of hydrogen-bond acceptors (Lipinski definition) is 5. The van der Waals surface area contributed by atoms with Crippen LogP contribution in [0, 0.1) is 19.8 Å². The van der Waals surface area contributed by atoms with Crippen LogP contribution in [0.15, 0.2) is 39.4 Å². The van der Waals surface area contributed by atoms with Crippen LogP contribution in [0.4, 0.5) is 0 Å². The number of hydrogen-bond donors (Lipinski definition) is 2. The molecule has 0 amide bonds. The van der Waals surface area contributed by atoms with Crippen LogP contribution in [0.3, 0.4) is 0 Å². The Labute approximate surface area is 168 Å². The second-order valence-electron chi connectivity index (χ2n) is 7.28. The second kappa shape index (κ2) is 7.86. The van der Waals surface area contributed by atoms with Gasteiger partial charge in [0, 0.05) is 23.3 Å². The van der Waals surface area contributed by atoms with Crippen molar-refractivity contribution in [1.82, 2.24) is 14.6 Å². The van der Waals surface area contributed by atoms with Crippen molar-refractivity contribution >= 4 is 21.6 Å². The number of aromatic nitrogens is 2. The van der Waals surface area contributed by atoms with Crippen molar-refractivity contribution in [1.29, 1.82) is 0 Å². The van der Waals surface area contributed by atoms with Gasteiger partial charge in [-0.05, 0) is 78.7 Å². The standard InChI is InChI=1S/C20H26BrN5O/c1-12-15(10-14-4-5-14)8-9-26(20(12)27)11-18(25(3)23)19(22)17-7-6-16(21)13(2)24-17/h6-9,14H,4-5,10-11,22-23H2,1-3H3/b19-18-. The number of nitrogens with two attached hydrogens (primary N) is 2. The summed E-state index contributed by atoms with van der Waals surface area (Å²) in [5, 5.41) is 1.45. The highest BCUT2D eigenvalue weighted by molar-refractivity contribution is 9.10. The molecule has 0 aliphatic heterocycles. The SMILES string of the molecule is Cc1nc(/C(N)=C(\Cn2ccc(CC3CC3)c(C)c2=O)N(C)N)ccc1Br. The van der Waals surface area contributed by atoms with E-state index in [2.05, 4.69) is 20.9 Å². The number of nitrogens with zero attached hydrogens (tertiary/aromatic N) is 3. The van der Waals surface area contributed by atoms with Crippen LogP contribution in [-0.2, 0) is 13.0 Å². The summed E-state index contributed by atoms with van der Waals surface area (Å²) in [7, 11) is 1.72. The molecule has 1 aliphatic rings. The number of aryl methyl sites for hydroxylation is 1. The quantitative estimate of drug-likeness (QED) is 0.541. The summed E-state index contributed by atoms with van der Waals surface area (Å²) in [6.45, 7) is 4.09. The van der Waals surface area contributed by atoms with Crippen molar-refractivity contribution < 1.29 is 0 Å². The molecular weight excluding hydrogens is 406 g/mol. The van der Waals surface area contributed by atoms with E-state index >= 15 is 0 Å². The molecule has 4 N–H and O–H groups in total. The first-order valence-electron chi connectivity index (χ1n) is 9.07. The van der Waals surface area contributed by atoms with E-state index in [1.165, 1.54) is 17.9 Å². The first-order valence-corrected chi connectivity index (χ1v) is 9.86. The topological polar surface area (TPSA) is 90.2 Å². The second-order valence-corrected chi connectivity index (χ2v) is 8.14. The maximum atomic E-state index is 12.8. The maximum absolute atomic E-state index is 12.8. The summed E-state index contributed by atoms with van der Waals surface area (Å²) in [4.78, 5) is 17.3. The van der Waals surface area contributed by atoms with Crippen molar-refractivity contribution in [2.45, 2.75) is 39.7 Å². The Morgan fingerprint density at radius 1 is 1.33 bits per heavy atom. The Morgan fingerprint density at radius 3 is 2.63 bits per heavy atom. The minimum Gasteiger partial charge on any atom is -0.395 e. The monoisotopic (exact) mass is 431 g/mol. The largest absolute Gasteiger partial charge is 0.395 e. The van der Waals surface area contributed by atoms with Crippen molar-refractivity contribution in [2.75, 3.05) is 7.05 Å². The van der Waals surface area contributed by atoms with Crippen molar-refractivity contribution in [3.8, 4) is 0 Å². The van der Waals surface area contributed by atoms with Gasteiger partial charge in [0.05, 0.1) is 29.3 Å². The van der Waals surface area contributed by atoms with E-state index in [9.17, 15) is 4.79 Å². The smallest absolute Gasteiger partial charge is 0.254 e. The molecule has 0 bridgehead atoms. The van der Waals surface area contributed by atoms with Crippen LogP contribution in [-0.4, -0.2) is 21.6 Å². The van der Waals surface area contributed by atoms with Crippen LogP contribution in [0.25, 0.3) is 5.70 Å². The third-order valence-electron chi connectivity index (χ3n) is 5.08. The molecule has 1 fully saturated rings. The van der Waals surface area contributed by atoms with E-state index in [1.807, 2.05) is 38.2 Å². The highest BCUT2D eigenvalue weighted by Crippen LogP contribution is 2.32. The minimum atomic E-state index is 0.000228. The molecule has 144 valence electrons. The average molecular weight is 432 g/mol. The van der Waals surface area contributed by atoms with E-state index in [0.717, 1.165) is 33.6 Å². The molecule has 2 aromatic rings. The average Bonchev–Trinajstić information content (AvgIpc) is 3.44. The zero-order valence-electron chi connectivity index (χ0n) is 16.0. The number of likely N-dealkylation sites (N-methyl/N-ethyl adjacent to an activating group) is 1. The Hall–Kier alpha value is -2.12. The molecule has 0 saturated heterocycles. The van der Waals surface area contributed by atoms with Crippen LogP contribution in [0.5, 0.6) is 0 Å². The minimum absolute atomic E-state index is 0.000228. The molecule has 1 aliphatic carbocycles. The molecule has 2 aromatic heterocycles. The van der Waals surface area contributed by atoms with Gasteiger partial charge in [-0.2, -0.15) is 0 Å². The molecule has 0 spiro atoms. The van der Waals surface area contributed by atoms with E-state index in [-0.39, 0.29) is 5.56 Å². The van der Waals surface area contributed by atoms with Crippen molar-refractivity contribution in [3.63, 3.8) is 0 Å². The van der Waals surface area contributed by atoms with Crippen LogP contribution < -0.4 is 17.1 Å². The van der Waals surface area contributed by atoms with Gasteiger partial charge in [0.2, 0.25) is 0 Å². The fourth-order valence-electron chi connectivity index (χ4n) is 3.09. The van der Waals surface area contributed by atoms with Gasteiger partial charge in [-0.25, -0.2) is 5.84 Å². The summed E-state index contributed by atoms with van der Waals surface area (Å²) >= 11 is 3.44. The third-order valence-corrected chi connectivity index (χ3v) is 5.92. The first kappa shape index (κ1) is 19.6. The van der Waals surface area contributed by atoms with E-state index in [0.29, 0.717) is 23.6 Å². The highest BCUT2D eigenvalue weighted by atomic mass is 79.9. The normalized spacial score (nSPS) is 14.9. The van der Waals surface area contributed by atoms with Gasteiger partial charge < -0.3 is 15.3 Å². The molecule has 0 aromatic carbocycles. The Balaban J connectivity index is 1.95. The molecule has 27 heavy (non-hydrogen) atoms. The third kappa shape index (κ3) is 4.42. The highest BCUT2D eigenvalue weighted by Gasteiger charge is 2.23. The molecule has 0 atom stereocenters. The van der Waals surface area contributed by atoms with Crippen LogP contribution in [0.2, 0.25) is 0 Å². The zero-order valence-corrected chi connectivity index (χ0v) is 17.6. The zero-order chi connectivity index (χ0) is 19.7. The predicted octanol–water partition coefficient (Wildman–Crippen LogP) is 2.71. The summed E-state index contributed by atoms with van der Waals surface area (Å²) in [5.74, 6) is 6.77. The lowest BCUT2D eigenvalue weighted by Gasteiger charge is -2.21. The van der Waals surface area contributed by atoms with Gasteiger partial charge in [0.25, 0.3) is 5.56 Å². The molecule has 7 heteroatoms. The van der Waals surface area contributed by atoms with Crippen LogP contribution in [0.1, 0.15) is 35.4 Å². The van der Waals surface area contributed by atoms with Gasteiger partial charge in [0.1, 0.15) is 0 Å². The van der Waals surface area contributed by atoms with Gasteiger partial charge >= 0.3 is 0 Å². The lowest BCUT2D eigenvalue weighted by molar-refractivity contribution is 0.409. The molecular formula is C20H26BrN5O. The molecule has 3 rings (SSSR count).